The highest BCUT2D eigenvalue weighted by Gasteiger charge is 2.28. The first-order valence-corrected chi connectivity index (χ1v) is 7.87. The number of halogens is 2. The summed E-state index contributed by atoms with van der Waals surface area (Å²) in [6.07, 6.45) is 6.86. The zero-order valence-corrected chi connectivity index (χ0v) is 12.8. The van der Waals surface area contributed by atoms with E-state index >= 15 is 0 Å². The van der Waals surface area contributed by atoms with Crippen molar-refractivity contribution < 1.29 is 13.6 Å². The van der Waals surface area contributed by atoms with Crippen LogP contribution < -0.4 is 0 Å². The van der Waals surface area contributed by atoms with Gasteiger partial charge in [-0.1, -0.05) is 0 Å². The van der Waals surface area contributed by atoms with Crippen LogP contribution in [-0.2, 0) is 11.2 Å². The molecular weight excluding hydrogens is 300 g/mol. The predicted molar refractivity (Wildman–Crippen MR) is 81.6 cm³/mol. The lowest BCUT2D eigenvalue weighted by molar-refractivity contribution is -0.135. The molecule has 3 rings (SSSR count). The summed E-state index contributed by atoms with van der Waals surface area (Å²) in [5, 5.41) is 6.73. The summed E-state index contributed by atoms with van der Waals surface area (Å²) in [6, 6.07) is 3.36. The second-order valence-corrected chi connectivity index (χ2v) is 5.87. The molecule has 1 fully saturated rings. The Balaban J connectivity index is 1.67. The van der Waals surface area contributed by atoms with Crippen molar-refractivity contribution in [2.24, 2.45) is 0 Å². The topological polar surface area (TPSA) is 49.0 Å². The highest BCUT2D eigenvalue weighted by Crippen LogP contribution is 2.31. The summed E-state index contributed by atoms with van der Waals surface area (Å²) in [5.74, 6) is -0.980. The highest BCUT2D eigenvalue weighted by molar-refractivity contribution is 5.77. The standard InChI is InChI=1S/C17H19F2N3O/c18-14-5-6-15(19)12(9-14)4-7-17(23)22-8-2-1-3-16(22)13-10-20-21-11-13/h5-6,9-11,16H,1-4,7-8H2,(H,20,21)/t16-/m1/s1. The van der Waals surface area contributed by atoms with Crippen LogP contribution in [0.15, 0.2) is 30.6 Å². The van der Waals surface area contributed by atoms with Crippen molar-refractivity contribution in [2.45, 2.75) is 38.1 Å². The molecule has 6 heteroatoms. The first kappa shape index (κ1) is 15.6. The minimum Gasteiger partial charge on any atom is -0.336 e. The van der Waals surface area contributed by atoms with Gasteiger partial charge in [-0.05, 0) is 49.4 Å². The van der Waals surface area contributed by atoms with Crippen molar-refractivity contribution in [3.05, 3.63) is 53.4 Å². The molecule has 1 aromatic carbocycles. The monoisotopic (exact) mass is 319 g/mol. The molecule has 1 aliphatic heterocycles. The van der Waals surface area contributed by atoms with Gasteiger partial charge in [0.05, 0.1) is 12.2 Å². The van der Waals surface area contributed by atoms with Gasteiger partial charge in [0.15, 0.2) is 0 Å². The van der Waals surface area contributed by atoms with Crippen molar-refractivity contribution in [2.75, 3.05) is 6.54 Å². The van der Waals surface area contributed by atoms with Crippen LogP contribution in [0.5, 0.6) is 0 Å². The lowest BCUT2D eigenvalue weighted by Gasteiger charge is -2.35. The van der Waals surface area contributed by atoms with Gasteiger partial charge in [-0.25, -0.2) is 8.78 Å². The number of aromatic amines is 1. The maximum Gasteiger partial charge on any atom is 0.223 e. The van der Waals surface area contributed by atoms with Crippen LogP contribution in [-0.4, -0.2) is 27.5 Å². The number of carbonyl (C=O) groups is 1. The number of carbonyl (C=O) groups excluding carboxylic acids is 1. The van der Waals surface area contributed by atoms with Crippen LogP contribution in [0.2, 0.25) is 0 Å². The number of amides is 1. The van der Waals surface area contributed by atoms with Gasteiger partial charge >= 0.3 is 0 Å². The van der Waals surface area contributed by atoms with E-state index in [9.17, 15) is 13.6 Å². The average molecular weight is 319 g/mol. The summed E-state index contributed by atoms with van der Waals surface area (Å²) in [6.45, 7) is 0.695. The third-order valence-electron chi connectivity index (χ3n) is 4.34. The molecule has 1 amide bonds. The molecular formula is C17H19F2N3O. The molecule has 0 bridgehead atoms. The summed E-state index contributed by atoms with van der Waals surface area (Å²) in [5.41, 5.74) is 1.24. The molecule has 23 heavy (non-hydrogen) atoms. The van der Waals surface area contributed by atoms with Gasteiger partial charge in [-0.2, -0.15) is 5.10 Å². The molecule has 1 aliphatic rings. The van der Waals surface area contributed by atoms with E-state index in [-0.39, 0.29) is 30.4 Å². The Kier molecular flexibility index (Phi) is 4.69. The third-order valence-corrected chi connectivity index (χ3v) is 4.34. The molecule has 0 saturated carbocycles. The normalized spacial score (nSPS) is 18.2. The predicted octanol–water partition coefficient (Wildman–Crippen LogP) is 3.37. The summed E-state index contributed by atoms with van der Waals surface area (Å²) in [7, 11) is 0. The van der Waals surface area contributed by atoms with E-state index in [4.69, 9.17) is 0 Å². The number of nitrogens with one attached hydrogen (secondary N) is 1. The second-order valence-electron chi connectivity index (χ2n) is 5.87. The highest BCUT2D eigenvalue weighted by atomic mass is 19.1. The van der Waals surface area contributed by atoms with Gasteiger partial charge < -0.3 is 4.90 Å². The fourth-order valence-corrected chi connectivity index (χ4v) is 3.14. The molecule has 1 saturated heterocycles. The van der Waals surface area contributed by atoms with E-state index in [1.54, 1.807) is 6.20 Å². The Morgan fingerprint density at radius 1 is 1.35 bits per heavy atom. The zero-order chi connectivity index (χ0) is 16.2. The van der Waals surface area contributed by atoms with Crippen LogP contribution >= 0.6 is 0 Å². The van der Waals surface area contributed by atoms with E-state index in [0.717, 1.165) is 43.0 Å². The lowest BCUT2D eigenvalue weighted by atomic mass is 9.96. The van der Waals surface area contributed by atoms with Crippen molar-refractivity contribution in [3.8, 4) is 0 Å². The molecule has 0 unspecified atom stereocenters. The number of aromatic nitrogens is 2. The number of likely N-dealkylation sites (tertiary alicyclic amines) is 1. The van der Waals surface area contributed by atoms with Gasteiger partial charge in [-0.3, -0.25) is 9.89 Å². The average Bonchev–Trinajstić information content (AvgIpc) is 3.10. The van der Waals surface area contributed by atoms with Crippen LogP contribution in [0.4, 0.5) is 8.78 Å². The van der Waals surface area contributed by atoms with Gasteiger partial charge in [-0.15, -0.1) is 0 Å². The van der Waals surface area contributed by atoms with Gasteiger partial charge in [0, 0.05) is 24.7 Å². The number of hydrogen-bond acceptors (Lipinski definition) is 2. The smallest absolute Gasteiger partial charge is 0.223 e. The number of H-pyrrole nitrogens is 1. The Morgan fingerprint density at radius 3 is 3.00 bits per heavy atom. The summed E-state index contributed by atoms with van der Waals surface area (Å²) in [4.78, 5) is 14.4. The fraction of sp³-hybridized carbons (Fsp3) is 0.412. The molecule has 1 atom stereocenters. The Hall–Kier alpha value is -2.24. The Labute approximate surface area is 133 Å². The van der Waals surface area contributed by atoms with E-state index in [0.29, 0.717) is 6.54 Å². The minimum atomic E-state index is -0.483. The Bertz CT molecular complexity index is 672. The Morgan fingerprint density at radius 2 is 2.22 bits per heavy atom. The number of hydrogen-bond donors (Lipinski definition) is 1. The van der Waals surface area contributed by atoms with Crippen molar-refractivity contribution >= 4 is 5.91 Å². The van der Waals surface area contributed by atoms with E-state index in [1.165, 1.54) is 0 Å². The lowest BCUT2D eigenvalue weighted by Crippen LogP contribution is -2.38. The molecule has 0 radical (unpaired) electrons. The van der Waals surface area contributed by atoms with Gasteiger partial charge in [0.25, 0.3) is 0 Å². The zero-order valence-electron chi connectivity index (χ0n) is 12.8. The minimum absolute atomic E-state index is 0.0207. The molecule has 0 spiro atoms. The maximum atomic E-state index is 13.7. The molecule has 1 aromatic heterocycles. The van der Waals surface area contributed by atoms with Crippen LogP contribution in [0.3, 0.4) is 0 Å². The quantitative estimate of drug-likeness (QED) is 0.939. The SMILES string of the molecule is O=C(CCc1cc(F)ccc1F)N1CCCC[C@@H]1c1cn[nH]c1. The van der Waals surface area contributed by atoms with E-state index < -0.39 is 11.6 Å². The number of rotatable bonds is 4. The largest absolute Gasteiger partial charge is 0.336 e. The van der Waals surface area contributed by atoms with Gasteiger partial charge in [0.1, 0.15) is 11.6 Å². The number of aryl methyl sites for hydroxylation is 1. The van der Waals surface area contributed by atoms with Gasteiger partial charge in [0.2, 0.25) is 5.91 Å². The van der Waals surface area contributed by atoms with Crippen LogP contribution in [0, 0.1) is 11.6 Å². The van der Waals surface area contributed by atoms with Crippen LogP contribution in [0.1, 0.15) is 42.9 Å². The number of piperidine rings is 1. The fourth-order valence-electron chi connectivity index (χ4n) is 3.14. The second kappa shape index (κ2) is 6.89. The molecule has 2 heterocycles. The van der Waals surface area contributed by atoms with Crippen molar-refractivity contribution in [1.29, 1.82) is 0 Å². The summed E-state index contributed by atoms with van der Waals surface area (Å²) >= 11 is 0. The van der Waals surface area contributed by atoms with Crippen molar-refractivity contribution in [3.63, 3.8) is 0 Å². The molecule has 2 aromatic rings. The third kappa shape index (κ3) is 3.57. The van der Waals surface area contributed by atoms with Crippen molar-refractivity contribution in [1.82, 2.24) is 15.1 Å². The molecule has 122 valence electrons. The van der Waals surface area contributed by atoms with Crippen LogP contribution in [0.25, 0.3) is 0 Å². The first-order valence-electron chi connectivity index (χ1n) is 7.87. The summed E-state index contributed by atoms with van der Waals surface area (Å²) < 4.78 is 26.9. The number of benzene rings is 1. The number of nitrogens with zero attached hydrogens (tertiary/aromatic N) is 2. The maximum absolute atomic E-state index is 13.7. The molecule has 0 aliphatic carbocycles. The molecule has 4 nitrogen and oxygen atoms in total. The van der Waals surface area contributed by atoms with E-state index in [2.05, 4.69) is 10.2 Å². The molecule has 1 N–H and O–H groups in total. The first-order chi connectivity index (χ1) is 11.1. The van der Waals surface area contributed by atoms with E-state index in [1.807, 2.05) is 11.1 Å².